The molecule has 0 saturated carbocycles. The number of hydrogen-bond donors (Lipinski definition) is 1. The average molecular weight is 262 g/mol. The molecule has 19 heavy (non-hydrogen) atoms. The third kappa shape index (κ3) is 3.67. The molecule has 4 nitrogen and oxygen atoms in total. The molecule has 1 N–H and O–H groups in total. The predicted molar refractivity (Wildman–Crippen MR) is 80.5 cm³/mol. The van der Waals surface area contributed by atoms with Crippen LogP contribution in [0.25, 0.3) is 0 Å². The minimum absolute atomic E-state index is 0.685. The first-order valence-electron chi connectivity index (χ1n) is 7.27. The minimum Gasteiger partial charge on any atom is -0.373 e. The first-order chi connectivity index (χ1) is 9.22. The smallest absolute Gasteiger partial charge is 0.0440 e. The van der Waals surface area contributed by atoms with Crippen molar-refractivity contribution in [3.8, 4) is 0 Å². The van der Waals surface area contributed by atoms with Crippen LogP contribution in [0, 0.1) is 0 Å². The largest absolute Gasteiger partial charge is 0.373 e. The van der Waals surface area contributed by atoms with Crippen molar-refractivity contribution >= 4 is 5.69 Å². The molecule has 1 unspecified atom stereocenters. The second-order valence-electron chi connectivity index (χ2n) is 5.44. The molecule has 1 aromatic heterocycles. The Morgan fingerprint density at radius 1 is 1.53 bits per heavy atom. The van der Waals surface area contributed by atoms with Crippen molar-refractivity contribution in [3.63, 3.8) is 0 Å². The van der Waals surface area contributed by atoms with Crippen molar-refractivity contribution in [1.29, 1.82) is 0 Å². The highest BCUT2D eigenvalue weighted by atomic mass is 15.2. The molecule has 0 aliphatic carbocycles. The van der Waals surface area contributed by atoms with Crippen LogP contribution in [0.4, 0.5) is 5.69 Å². The molecule has 0 bridgehead atoms. The summed E-state index contributed by atoms with van der Waals surface area (Å²) in [4.78, 5) is 9.10. The van der Waals surface area contributed by atoms with E-state index >= 15 is 0 Å². The Bertz CT molecular complexity index is 393. The first kappa shape index (κ1) is 14.3. The SMILES string of the molecule is CCNCc1cnccc1N(C)CC1CCCN1C. The van der Waals surface area contributed by atoms with Gasteiger partial charge in [-0.1, -0.05) is 6.92 Å². The van der Waals surface area contributed by atoms with Crippen LogP contribution in [0.2, 0.25) is 0 Å². The molecule has 2 rings (SSSR count). The van der Waals surface area contributed by atoms with E-state index in [1.165, 1.54) is 30.6 Å². The summed E-state index contributed by atoms with van der Waals surface area (Å²) in [6.07, 6.45) is 6.51. The number of pyridine rings is 1. The molecule has 1 fully saturated rings. The zero-order valence-electron chi connectivity index (χ0n) is 12.4. The summed E-state index contributed by atoms with van der Waals surface area (Å²) in [7, 11) is 4.43. The third-order valence-electron chi connectivity index (χ3n) is 4.01. The van der Waals surface area contributed by atoms with Crippen molar-refractivity contribution in [2.45, 2.75) is 32.4 Å². The van der Waals surface area contributed by atoms with Gasteiger partial charge in [-0.05, 0) is 39.0 Å². The van der Waals surface area contributed by atoms with E-state index < -0.39 is 0 Å². The molecule has 4 heteroatoms. The summed E-state index contributed by atoms with van der Waals surface area (Å²) in [5.41, 5.74) is 2.59. The zero-order valence-corrected chi connectivity index (χ0v) is 12.4. The fourth-order valence-corrected chi connectivity index (χ4v) is 2.81. The van der Waals surface area contributed by atoms with Gasteiger partial charge < -0.3 is 15.1 Å². The third-order valence-corrected chi connectivity index (χ3v) is 4.01. The Morgan fingerprint density at radius 3 is 3.05 bits per heavy atom. The number of rotatable bonds is 6. The monoisotopic (exact) mass is 262 g/mol. The normalized spacial score (nSPS) is 19.8. The first-order valence-corrected chi connectivity index (χ1v) is 7.27. The van der Waals surface area contributed by atoms with Crippen LogP contribution in [-0.4, -0.2) is 49.7 Å². The van der Waals surface area contributed by atoms with Gasteiger partial charge in [0.05, 0.1) is 0 Å². The maximum atomic E-state index is 4.25. The van der Waals surface area contributed by atoms with Crippen molar-refractivity contribution in [1.82, 2.24) is 15.2 Å². The van der Waals surface area contributed by atoms with Gasteiger partial charge in [-0.25, -0.2) is 0 Å². The van der Waals surface area contributed by atoms with Crippen LogP contribution < -0.4 is 10.2 Å². The van der Waals surface area contributed by atoms with E-state index in [0.717, 1.165) is 19.6 Å². The van der Waals surface area contributed by atoms with E-state index in [4.69, 9.17) is 0 Å². The molecule has 2 heterocycles. The molecule has 0 amide bonds. The summed E-state index contributed by atoms with van der Waals surface area (Å²) < 4.78 is 0. The molecule has 106 valence electrons. The molecule has 0 radical (unpaired) electrons. The molecule has 0 aromatic carbocycles. The van der Waals surface area contributed by atoms with Crippen molar-refractivity contribution in [2.24, 2.45) is 0 Å². The number of likely N-dealkylation sites (tertiary alicyclic amines) is 1. The van der Waals surface area contributed by atoms with Gasteiger partial charge >= 0.3 is 0 Å². The number of likely N-dealkylation sites (N-methyl/N-ethyl adjacent to an activating group) is 2. The Morgan fingerprint density at radius 2 is 2.37 bits per heavy atom. The highest BCUT2D eigenvalue weighted by molar-refractivity contribution is 5.51. The predicted octanol–water partition coefficient (Wildman–Crippen LogP) is 1.72. The van der Waals surface area contributed by atoms with E-state index in [0.29, 0.717) is 6.04 Å². The van der Waals surface area contributed by atoms with E-state index in [1.54, 1.807) is 0 Å². The highest BCUT2D eigenvalue weighted by Crippen LogP contribution is 2.22. The zero-order chi connectivity index (χ0) is 13.7. The molecule has 1 saturated heterocycles. The van der Waals surface area contributed by atoms with Crippen molar-refractivity contribution in [2.75, 3.05) is 38.6 Å². The van der Waals surface area contributed by atoms with Gasteiger partial charge in [0.15, 0.2) is 0 Å². The van der Waals surface area contributed by atoms with Crippen LogP contribution in [0.1, 0.15) is 25.3 Å². The standard InChI is InChI=1S/C15H26N4/c1-4-16-10-13-11-17-8-7-15(13)19(3)12-14-6-5-9-18(14)2/h7-8,11,14,16H,4-6,9-10,12H2,1-3H3. The second kappa shape index (κ2) is 6.87. The van der Waals surface area contributed by atoms with Crippen LogP contribution >= 0.6 is 0 Å². The summed E-state index contributed by atoms with van der Waals surface area (Å²) in [6, 6.07) is 2.81. The van der Waals surface area contributed by atoms with E-state index in [2.05, 4.69) is 47.2 Å². The Kier molecular flexibility index (Phi) is 5.16. The Balaban J connectivity index is 2.03. The lowest BCUT2D eigenvalue weighted by atomic mass is 10.1. The van der Waals surface area contributed by atoms with Gasteiger partial charge in [-0.2, -0.15) is 0 Å². The number of hydrogen-bond acceptors (Lipinski definition) is 4. The molecular weight excluding hydrogens is 236 g/mol. The van der Waals surface area contributed by atoms with Gasteiger partial charge in [-0.3, -0.25) is 4.98 Å². The van der Waals surface area contributed by atoms with Gasteiger partial charge in [0.1, 0.15) is 0 Å². The fraction of sp³-hybridized carbons (Fsp3) is 0.667. The summed E-state index contributed by atoms with van der Waals surface area (Å²) >= 11 is 0. The molecular formula is C15H26N4. The van der Waals surface area contributed by atoms with Crippen LogP contribution in [0.3, 0.4) is 0 Å². The second-order valence-corrected chi connectivity index (χ2v) is 5.44. The van der Waals surface area contributed by atoms with Gasteiger partial charge in [0.2, 0.25) is 0 Å². The molecule has 1 aromatic rings. The maximum absolute atomic E-state index is 4.25. The maximum Gasteiger partial charge on any atom is 0.0440 e. The molecule has 1 atom stereocenters. The summed E-state index contributed by atoms with van der Waals surface area (Å²) in [6.45, 7) is 6.35. The number of nitrogens with zero attached hydrogens (tertiary/aromatic N) is 3. The lowest BCUT2D eigenvalue weighted by molar-refractivity contribution is 0.314. The topological polar surface area (TPSA) is 31.4 Å². The van der Waals surface area contributed by atoms with Gasteiger partial charge in [-0.15, -0.1) is 0 Å². The van der Waals surface area contributed by atoms with Gasteiger partial charge in [0.25, 0.3) is 0 Å². The minimum atomic E-state index is 0.685. The summed E-state index contributed by atoms with van der Waals surface area (Å²) in [5.74, 6) is 0. The number of aromatic nitrogens is 1. The summed E-state index contributed by atoms with van der Waals surface area (Å²) in [5, 5.41) is 3.39. The average Bonchev–Trinajstić information content (AvgIpc) is 2.82. The fourth-order valence-electron chi connectivity index (χ4n) is 2.81. The molecule has 1 aliphatic rings. The molecule has 1 aliphatic heterocycles. The molecule has 0 spiro atoms. The lowest BCUT2D eigenvalue weighted by Crippen LogP contribution is -2.37. The van der Waals surface area contributed by atoms with Crippen LogP contribution in [-0.2, 0) is 6.54 Å². The number of anilines is 1. The van der Waals surface area contributed by atoms with Crippen LogP contribution in [0.5, 0.6) is 0 Å². The Hall–Kier alpha value is -1.13. The highest BCUT2D eigenvalue weighted by Gasteiger charge is 2.22. The quantitative estimate of drug-likeness (QED) is 0.846. The van der Waals surface area contributed by atoms with Gasteiger partial charge in [0, 0.05) is 49.8 Å². The number of nitrogens with one attached hydrogen (secondary N) is 1. The van der Waals surface area contributed by atoms with Crippen molar-refractivity contribution in [3.05, 3.63) is 24.0 Å². The van der Waals surface area contributed by atoms with E-state index in [-0.39, 0.29) is 0 Å². The van der Waals surface area contributed by atoms with E-state index in [1.807, 2.05) is 12.4 Å². The lowest BCUT2D eigenvalue weighted by Gasteiger charge is -2.28. The Labute approximate surface area is 116 Å². The van der Waals surface area contributed by atoms with E-state index in [9.17, 15) is 0 Å². The van der Waals surface area contributed by atoms with Crippen LogP contribution in [0.15, 0.2) is 18.5 Å². The van der Waals surface area contributed by atoms with Crippen molar-refractivity contribution < 1.29 is 0 Å².